The highest BCUT2D eigenvalue weighted by atomic mass is 19.2. The molecule has 0 saturated heterocycles. The summed E-state index contributed by atoms with van der Waals surface area (Å²) in [5.74, 6) is -1.68. The summed E-state index contributed by atoms with van der Waals surface area (Å²) in [6.07, 6.45) is 1.92. The van der Waals surface area contributed by atoms with Crippen LogP contribution in [0.3, 0.4) is 0 Å². The lowest BCUT2D eigenvalue weighted by molar-refractivity contribution is 0.494. The quantitative estimate of drug-likeness (QED) is 0.795. The first kappa shape index (κ1) is 13.6. The minimum Gasteiger partial charge on any atom is -0.324 e. The molecule has 2 N–H and O–H groups in total. The van der Waals surface area contributed by atoms with Gasteiger partial charge in [0.2, 0.25) is 0 Å². The van der Waals surface area contributed by atoms with Crippen LogP contribution in [0.25, 0.3) is 10.9 Å². The van der Waals surface area contributed by atoms with Crippen molar-refractivity contribution >= 4 is 10.9 Å². The summed E-state index contributed by atoms with van der Waals surface area (Å²) in [5.41, 5.74) is 8.08. The Morgan fingerprint density at radius 3 is 2.62 bits per heavy atom. The first-order valence-electron chi connectivity index (χ1n) is 6.69. The lowest BCUT2D eigenvalue weighted by Gasteiger charge is -2.14. The number of fused-ring (bicyclic) bond motifs is 1. The second kappa shape index (κ2) is 5.58. The molecule has 106 valence electrons. The average molecular weight is 284 g/mol. The molecule has 1 atom stereocenters. The van der Waals surface area contributed by atoms with E-state index in [4.69, 9.17) is 5.73 Å². The number of nitrogens with two attached hydrogens (primary N) is 1. The Hall–Kier alpha value is -2.33. The van der Waals surface area contributed by atoms with Gasteiger partial charge >= 0.3 is 0 Å². The SMILES string of the molecule is NC(Cc1cccc(F)c1F)c1cccc2cccnc12. The number of aromatic nitrogens is 1. The number of halogens is 2. The second-order valence-corrected chi connectivity index (χ2v) is 4.95. The van der Waals surface area contributed by atoms with Crippen molar-refractivity contribution in [3.63, 3.8) is 0 Å². The molecule has 0 fully saturated rings. The molecule has 0 aliphatic carbocycles. The molecule has 1 heterocycles. The summed E-state index contributed by atoms with van der Waals surface area (Å²) < 4.78 is 27.0. The van der Waals surface area contributed by atoms with Gasteiger partial charge in [0.05, 0.1) is 5.52 Å². The van der Waals surface area contributed by atoms with Crippen LogP contribution in [0.1, 0.15) is 17.2 Å². The van der Waals surface area contributed by atoms with Crippen molar-refractivity contribution in [1.82, 2.24) is 4.98 Å². The summed E-state index contributed by atoms with van der Waals surface area (Å²) in [6.45, 7) is 0. The maximum atomic E-state index is 13.7. The number of rotatable bonds is 3. The molecule has 0 aliphatic rings. The Morgan fingerprint density at radius 1 is 1.00 bits per heavy atom. The molecular weight excluding hydrogens is 270 g/mol. The van der Waals surface area contributed by atoms with Crippen molar-refractivity contribution in [2.75, 3.05) is 0 Å². The van der Waals surface area contributed by atoms with Crippen LogP contribution in [-0.2, 0) is 6.42 Å². The lowest BCUT2D eigenvalue weighted by atomic mass is 9.97. The van der Waals surface area contributed by atoms with Crippen LogP contribution in [0.5, 0.6) is 0 Å². The van der Waals surface area contributed by atoms with E-state index in [1.54, 1.807) is 12.3 Å². The van der Waals surface area contributed by atoms with Crippen molar-refractivity contribution in [2.24, 2.45) is 5.73 Å². The molecule has 3 aromatic rings. The Labute approximate surface area is 121 Å². The fourth-order valence-electron chi connectivity index (χ4n) is 2.48. The van der Waals surface area contributed by atoms with Crippen molar-refractivity contribution < 1.29 is 8.78 Å². The van der Waals surface area contributed by atoms with Gasteiger partial charge in [-0.1, -0.05) is 36.4 Å². The molecule has 1 unspecified atom stereocenters. The van der Waals surface area contributed by atoms with E-state index in [2.05, 4.69) is 4.98 Å². The van der Waals surface area contributed by atoms with Gasteiger partial charge in [0, 0.05) is 17.6 Å². The van der Waals surface area contributed by atoms with Gasteiger partial charge in [-0.2, -0.15) is 0 Å². The topological polar surface area (TPSA) is 38.9 Å². The second-order valence-electron chi connectivity index (χ2n) is 4.95. The van der Waals surface area contributed by atoms with E-state index in [1.165, 1.54) is 6.07 Å². The minimum absolute atomic E-state index is 0.222. The molecule has 1 aromatic heterocycles. The van der Waals surface area contributed by atoms with E-state index in [1.807, 2.05) is 30.3 Å². The monoisotopic (exact) mass is 284 g/mol. The molecule has 3 rings (SSSR count). The number of hydrogen-bond donors (Lipinski definition) is 1. The molecule has 0 saturated carbocycles. The molecule has 0 bridgehead atoms. The molecular formula is C17H14F2N2. The summed E-state index contributed by atoms with van der Waals surface area (Å²) >= 11 is 0. The van der Waals surface area contributed by atoms with Gasteiger partial charge in [0.25, 0.3) is 0 Å². The number of pyridine rings is 1. The number of nitrogens with zero attached hydrogens (tertiary/aromatic N) is 1. The third kappa shape index (κ3) is 2.62. The normalized spacial score (nSPS) is 12.5. The lowest BCUT2D eigenvalue weighted by Crippen LogP contribution is -2.15. The zero-order valence-corrected chi connectivity index (χ0v) is 11.3. The Morgan fingerprint density at radius 2 is 1.76 bits per heavy atom. The van der Waals surface area contributed by atoms with Gasteiger partial charge in [0.1, 0.15) is 0 Å². The number of para-hydroxylation sites is 1. The van der Waals surface area contributed by atoms with Gasteiger partial charge in [-0.25, -0.2) is 8.78 Å². The zero-order valence-electron chi connectivity index (χ0n) is 11.3. The summed E-state index contributed by atoms with van der Waals surface area (Å²) in [5, 5.41) is 0.977. The Kier molecular flexibility index (Phi) is 3.62. The highest BCUT2D eigenvalue weighted by molar-refractivity contribution is 5.82. The van der Waals surface area contributed by atoms with Gasteiger partial charge in [0.15, 0.2) is 11.6 Å². The van der Waals surface area contributed by atoms with Gasteiger partial charge in [-0.05, 0) is 29.7 Å². The third-order valence-corrected chi connectivity index (χ3v) is 3.53. The maximum Gasteiger partial charge on any atom is 0.162 e. The molecule has 0 spiro atoms. The molecule has 0 radical (unpaired) electrons. The van der Waals surface area contributed by atoms with Gasteiger partial charge in [-0.15, -0.1) is 0 Å². The fraction of sp³-hybridized carbons (Fsp3) is 0.118. The molecule has 2 aromatic carbocycles. The van der Waals surface area contributed by atoms with Crippen LogP contribution >= 0.6 is 0 Å². The van der Waals surface area contributed by atoms with E-state index in [0.29, 0.717) is 0 Å². The average Bonchev–Trinajstić information content (AvgIpc) is 2.51. The van der Waals surface area contributed by atoms with E-state index >= 15 is 0 Å². The summed E-state index contributed by atoms with van der Waals surface area (Å²) in [4.78, 5) is 4.34. The molecule has 4 heteroatoms. The van der Waals surface area contributed by atoms with Crippen molar-refractivity contribution in [3.05, 3.63) is 77.5 Å². The molecule has 21 heavy (non-hydrogen) atoms. The highest BCUT2D eigenvalue weighted by Gasteiger charge is 2.15. The Balaban J connectivity index is 1.97. The van der Waals surface area contributed by atoms with Crippen LogP contribution in [0.15, 0.2) is 54.7 Å². The Bertz CT molecular complexity index is 781. The highest BCUT2D eigenvalue weighted by Crippen LogP contribution is 2.24. The molecule has 2 nitrogen and oxygen atoms in total. The standard InChI is InChI=1S/C17H14F2N2/c18-14-8-2-5-12(16(14)19)10-15(20)13-7-1-4-11-6-3-9-21-17(11)13/h1-9,15H,10,20H2. The fourth-order valence-corrected chi connectivity index (χ4v) is 2.48. The molecule has 0 aliphatic heterocycles. The number of hydrogen-bond acceptors (Lipinski definition) is 2. The zero-order chi connectivity index (χ0) is 14.8. The van der Waals surface area contributed by atoms with Crippen molar-refractivity contribution in [2.45, 2.75) is 12.5 Å². The van der Waals surface area contributed by atoms with Crippen LogP contribution in [0.2, 0.25) is 0 Å². The van der Waals surface area contributed by atoms with Crippen LogP contribution in [0.4, 0.5) is 8.78 Å². The molecule has 0 amide bonds. The van der Waals surface area contributed by atoms with Crippen molar-refractivity contribution in [1.29, 1.82) is 0 Å². The third-order valence-electron chi connectivity index (χ3n) is 3.53. The van der Waals surface area contributed by atoms with Gasteiger partial charge in [-0.3, -0.25) is 4.98 Å². The van der Waals surface area contributed by atoms with Gasteiger partial charge < -0.3 is 5.73 Å². The van der Waals surface area contributed by atoms with Crippen LogP contribution in [-0.4, -0.2) is 4.98 Å². The predicted molar refractivity (Wildman–Crippen MR) is 78.7 cm³/mol. The van der Waals surface area contributed by atoms with Crippen LogP contribution < -0.4 is 5.73 Å². The minimum atomic E-state index is -0.851. The van der Waals surface area contributed by atoms with E-state index < -0.39 is 17.7 Å². The largest absolute Gasteiger partial charge is 0.324 e. The van der Waals surface area contributed by atoms with Crippen LogP contribution in [0, 0.1) is 11.6 Å². The van der Waals surface area contributed by atoms with E-state index in [9.17, 15) is 8.78 Å². The maximum absolute atomic E-state index is 13.7. The number of benzene rings is 2. The van der Waals surface area contributed by atoms with E-state index in [-0.39, 0.29) is 12.0 Å². The first-order valence-corrected chi connectivity index (χ1v) is 6.69. The predicted octanol–water partition coefficient (Wildman–Crippen LogP) is 3.76. The van der Waals surface area contributed by atoms with E-state index in [0.717, 1.165) is 22.5 Å². The van der Waals surface area contributed by atoms with Crippen molar-refractivity contribution in [3.8, 4) is 0 Å². The summed E-state index contributed by atoms with van der Waals surface area (Å²) in [6, 6.07) is 13.2. The first-order chi connectivity index (χ1) is 10.2. The smallest absolute Gasteiger partial charge is 0.162 e. The summed E-state index contributed by atoms with van der Waals surface area (Å²) in [7, 11) is 0.